The summed E-state index contributed by atoms with van der Waals surface area (Å²) in [5, 5.41) is 3.30. The fraction of sp³-hybridized carbons (Fsp3) is 0.200. The molecule has 0 saturated heterocycles. The first-order valence-corrected chi connectivity index (χ1v) is 6.37. The quantitative estimate of drug-likeness (QED) is 0.872. The smallest absolute Gasteiger partial charge is 0.146 e. The van der Waals surface area contributed by atoms with Gasteiger partial charge < -0.3 is 5.32 Å². The Kier molecular flexibility index (Phi) is 4.51. The van der Waals surface area contributed by atoms with Crippen LogP contribution < -0.4 is 5.32 Å². The highest BCUT2D eigenvalue weighted by Crippen LogP contribution is 2.19. The lowest BCUT2D eigenvalue weighted by molar-refractivity contribution is 0.543. The minimum atomic E-state index is -0.400. The van der Waals surface area contributed by atoms with Gasteiger partial charge in [0.05, 0.1) is 5.02 Å². The van der Waals surface area contributed by atoms with Crippen molar-refractivity contribution in [2.24, 2.45) is 0 Å². The Morgan fingerprint density at radius 1 is 1.11 bits per heavy atom. The summed E-state index contributed by atoms with van der Waals surface area (Å²) in [6.45, 7) is 2.31. The van der Waals surface area contributed by atoms with E-state index in [1.54, 1.807) is 24.3 Å². The van der Waals surface area contributed by atoms with Gasteiger partial charge in [-0.2, -0.15) is 0 Å². The number of halogens is 3. The molecule has 0 aliphatic heterocycles. The molecular formula is C15H14ClF2N. The second kappa shape index (κ2) is 6.13. The standard InChI is InChI=1S/C15H14ClF2N/c1-10(11-5-7-13(17)8-6-11)19-9-12-3-2-4-14(16)15(12)18/h2-8,10,19H,9H2,1H3/t10-/m1/s1. The van der Waals surface area contributed by atoms with Gasteiger partial charge in [0.2, 0.25) is 0 Å². The topological polar surface area (TPSA) is 12.0 Å². The van der Waals surface area contributed by atoms with E-state index in [0.29, 0.717) is 12.1 Å². The van der Waals surface area contributed by atoms with Crippen molar-refractivity contribution in [1.82, 2.24) is 5.32 Å². The van der Waals surface area contributed by atoms with Crippen LogP contribution in [0.3, 0.4) is 0 Å². The van der Waals surface area contributed by atoms with E-state index >= 15 is 0 Å². The van der Waals surface area contributed by atoms with Gasteiger partial charge in [0.25, 0.3) is 0 Å². The first kappa shape index (κ1) is 14.0. The number of rotatable bonds is 4. The van der Waals surface area contributed by atoms with Crippen molar-refractivity contribution in [2.75, 3.05) is 0 Å². The van der Waals surface area contributed by atoms with Gasteiger partial charge >= 0.3 is 0 Å². The molecule has 0 unspecified atom stereocenters. The molecule has 0 bridgehead atoms. The van der Waals surface area contributed by atoms with E-state index in [2.05, 4.69) is 5.32 Å². The molecule has 0 aromatic heterocycles. The molecule has 0 saturated carbocycles. The Hall–Kier alpha value is -1.45. The van der Waals surface area contributed by atoms with E-state index in [-0.39, 0.29) is 16.9 Å². The van der Waals surface area contributed by atoms with E-state index < -0.39 is 5.82 Å². The van der Waals surface area contributed by atoms with Crippen LogP contribution in [0.15, 0.2) is 42.5 Å². The molecular weight excluding hydrogens is 268 g/mol. The molecule has 2 aromatic rings. The highest BCUT2D eigenvalue weighted by molar-refractivity contribution is 6.30. The summed E-state index contributed by atoms with van der Waals surface area (Å²) in [5.41, 5.74) is 1.46. The highest BCUT2D eigenvalue weighted by atomic mass is 35.5. The molecule has 0 amide bonds. The van der Waals surface area contributed by atoms with E-state index in [0.717, 1.165) is 5.56 Å². The van der Waals surface area contributed by atoms with Crippen molar-refractivity contribution in [3.8, 4) is 0 Å². The molecule has 0 aliphatic carbocycles. The fourth-order valence-corrected chi connectivity index (χ4v) is 2.01. The Bertz CT molecular complexity index is 555. The monoisotopic (exact) mass is 281 g/mol. The Balaban J connectivity index is 2.02. The van der Waals surface area contributed by atoms with Crippen molar-refractivity contribution in [3.63, 3.8) is 0 Å². The molecule has 2 aromatic carbocycles. The van der Waals surface area contributed by atoms with Crippen LogP contribution in [0.4, 0.5) is 8.78 Å². The van der Waals surface area contributed by atoms with Crippen molar-refractivity contribution < 1.29 is 8.78 Å². The van der Waals surface area contributed by atoms with Crippen LogP contribution in [0.1, 0.15) is 24.1 Å². The number of nitrogens with one attached hydrogen (secondary N) is 1. The maximum atomic E-state index is 13.7. The lowest BCUT2D eigenvalue weighted by Gasteiger charge is -2.15. The van der Waals surface area contributed by atoms with Gasteiger partial charge in [0, 0.05) is 18.2 Å². The van der Waals surface area contributed by atoms with Gasteiger partial charge in [-0.15, -0.1) is 0 Å². The predicted octanol–water partition coefficient (Wildman–Crippen LogP) is 4.47. The van der Waals surface area contributed by atoms with Crippen molar-refractivity contribution in [3.05, 3.63) is 70.2 Å². The van der Waals surface area contributed by atoms with Gasteiger partial charge in [-0.3, -0.25) is 0 Å². The summed E-state index contributed by atoms with van der Waals surface area (Å²) in [7, 11) is 0. The van der Waals surface area contributed by atoms with Gasteiger partial charge in [-0.05, 0) is 30.7 Å². The van der Waals surface area contributed by atoms with Crippen LogP contribution in [-0.2, 0) is 6.54 Å². The summed E-state index contributed by atoms with van der Waals surface area (Å²) in [5.74, 6) is -0.667. The normalized spacial score (nSPS) is 12.4. The second-order valence-electron chi connectivity index (χ2n) is 4.37. The Morgan fingerprint density at radius 3 is 2.47 bits per heavy atom. The molecule has 1 nitrogen and oxygen atoms in total. The predicted molar refractivity (Wildman–Crippen MR) is 73.1 cm³/mol. The Morgan fingerprint density at radius 2 is 1.79 bits per heavy atom. The summed E-state index contributed by atoms with van der Waals surface area (Å²) in [6, 6.07) is 11.2. The number of benzene rings is 2. The highest BCUT2D eigenvalue weighted by Gasteiger charge is 2.09. The molecule has 0 spiro atoms. The average molecular weight is 282 g/mol. The molecule has 0 fully saturated rings. The van der Waals surface area contributed by atoms with E-state index in [1.165, 1.54) is 18.2 Å². The largest absolute Gasteiger partial charge is 0.306 e. The average Bonchev–Trinajstić information content (AvgIpc) is 2.41. The van der Waals surface area contributed by atoms with Crippen LogP contribution >= 0.6 is 11.6 Å². The third-order valence-electron chi connectivity index (χ3n) is 3.00. The summed E-state index contributed by atoms with van der Waals surface area (Å²) in [4.78, 5) is 0. The molecule has 1 N–H and O–H groups in total. The molecule has 19 heavy (non-hydrogen) atoms. The van der Waals surface area contributed by atoms with Crippen LogP contribution in [-0.4, -0.2) is 0 Å². The molecule has 4 heteroatoms. The zero-order chi connectivity index (χ0) is 13.8. The third kappa shape index (κ3) is 3.52. The first-order valence-electron chi connectivity index (χ1n) is 5.99. The van der Waals surface area contributed by atoms with Crippen LogP contribution in [0.25, 0.3) is 0 Å². The van der Waals surface area contributed by atoms with Gasteiger partial charge in [-0.1, -0.05) is 35.9 Å². The third-order valence-corrected chi connectivity index (χ3v) is 3.29. The second-order valence-corrected chi connectivity index (χ2v) is 4.77. The maximum Gasteiger partial charge on any atom is 0.146 e. The van der Waals surface area contributed by atoms with Gasteiger partial charge in [-0.25, -0.2) is 8.78 Å². The Labute approximate surface area is 116 Å². The zero-order valence-corrected chi connectivity index (χ0v) is 11.2. The molecule has 0 heterocycles. The zero-order valence-electron chi connectivity index (χ0n) is 10.5. The molecule has 2 rings (SSSR count). The number of hydrogen-bond donors (Lipinski definition) is 1. The fourth-order valence-electron chi connectivity index (χ4n) is 1.82. The number of hydrogen-bond acceptors (Lipinski definition) is 1. The summed E-state index contributed by atoms with van der Waals surface area (Å²) < 4.78 is 26.5. The van der Waals surface area contributed by atoms with Crippen molar-refractivity contribution in [1.29, 1.82) is 0 Å². The minimum absolute atomic E-state index is 0.000943. The molecule has 1 atom stereocenters. The van der Waals surface area contributed by atoms with Gasteiger partial charge in [0.1, 0.15) is 11.6 Å². The van der Waals surface area contributed by atoms with E-state index in [1.807, 2.05) is 6.92 Å². The summed E-state index contributed by atoms with van der Waals surface area (Å²) in [6.07, 6.45) is 0. The van der Waals surface area contributed by atoms with Crippen molar-refractivity contribution in [2.45, 2.75) is 19.5 Å². The molecule has 0 radical (unpaired) electrons. The van der Waals surface area contributed by atoms with Crippen molar-refractivity contribution >= 4 is 11.6 Å². The lowest BCUT2D eigenvalue weighted by Crippen LogP contribution is -2.18. The summed E-state index contributed by atoms with van der Waals surface area (Å²) >= 11 is 5.72. The van der Waals surface area contributed by atoms with Crippen LogP contribution in [0, 0.1) is 11.6 Å². The van der Waals surface area contributed by atoms with Crippen LogP contribution in [0.5, 0.6) is 0 Å². The molecule has 100 valence electrons. The maximum absolute atomic E-state index is 13.7. The minimum Gasteiger partial charge on any atom is -0.306 e. The lowest BCUT2D eigenvalue weighted by atomic mass is 10.1. The van der Waals surface area contributed by atoms with Crippen LogP contribution in [0.2, 0.25) is 5.02 Å². The van der Waals surface area contributed by atoms with E-state index in [9.17, 15) is 8.78 Å². The van der Waals surface area contributed by atoms with E-state index in [4.69, 9.17) is 11.6 Å². The SMILES string of the molecule is C[C@@H](NCc1cccc(Cl)c1F)c1ccc(F)cc1. The van der Waals surface area contributed by atoms with Gasteiger partial charge in [0.15, 0.2) is 0 Å². The first-order chi connectivity index (χ1) is 9.08. The molecule has 0 aliphatic rings.